The second-order valence-electron chi connectivity index (χ2n) is 15.6. The molecular weight excluding hydrogens is 679 g/mol. The van der Waals surface area contributed by atoms with E-state index in [1.165, 1.54) is 64.2 Å². The summed E-state index contributed by atoms with van der Waals surface area (Å²) >= 11 is 0. The number of hydrogen-bond donors (Lipinski definition) is 1. The molecule has 0 amide bonds. The fraction of sp³-hybridized carbons (Fsp3) is 0.761. The standard InChI is InChI=1S/C46H81NO7/c1-6-8-10-12-14-16-18-19-20-21-22-23-24-25-27-29-31-33-35-37-45(49)54-42(40-52-39-38-43(46(50)51)47(3,4)5)41-53-44(48)36-34-32-30-28-26-17-15-13-11-9-7-2/h8,10,14,16,19-20,22-23,42-43H,6-7,9,11-13,15,17-18,21,24-41H2,1-5H3/p+1/b10-8+,16-14+,20-19+,23-22+. The summed E-state index contributed by atoms with van der Waals surface area (Å²) in [6.45, 7) is 4.60. The molecule has 0 aliphatic heterocycles. The van der Waals surface area contributed by atoms with E-state index in [1.807, 2.05) is 21.1 Å². The first-order chi connectivity index (χ1) is 26.1. The number of hydrogen-bond acceptors (Lipinski definition) is 6. The maximum atomic E-state index is 12.7. The number of esters is 2. The minimum Gasteiger partial charge on any atom is -0.477 e. The molecule has 0 aliphatic rings. The Bertz CT molecular complexity index is 1030. The molecule has 0 heterocycles. The van der Waals surface area contributed by atoms with Gasteiger partial charge in [0.15, 0.2) is 12.1 Å². The van der Waals surface area contributed by atoms with Crippen LogP contribution in [0.4, 0.5) is 0 Å². The van der Waals surface area contributed by atoms with Crippen molar-refractivity contribution < 1.29 is 38.2 Å². The second kappa shape index (κ2) is 37.2. The second-order valence-corrected chi connectivity index (χ2v) is 15.6. The van der Waals surface area contributed by atoms with Crippen LogP contribution in [-0.2, 0) is 28.6 Å². The molecule has 312 valence electrons. The van der Waals surface area contributed by atoms with E-state index in [4.69, 9.17) is 14.2 Å². The van der Waals surface area contributed by atoms with E-state index >= 15 is 0 Å². The lowest BCUT2D eigenvalue weighted by atomic mass is 10.1. The lowest BCUT2D eigenvalue weighted by Crippen LogP contribution is -2.50. The zero-order valence-corrected chi connectivity index (χ0v) is 35.4. The Morgan fingerprint density at radius 2 is 1.04 bits per heavy atom. The van der Waals surface area contributed by atoms with E-state index in [0.29, 0.717) is 19.3 Å². The van der Waals surface area contributed by atoms with Crippen molar-refractivity contribution in [2.75, 3.05) is 41.0 Å². The fourth-order valence-corrected chi connectivity index (χ4v) is 6.14. The van der Waals surface area contributed by atoms with Gasteiger partial charge >= 0.3 is 17.9 Å². The van der Waals surface area contributed by atoms with Crippen LogP contribution in [0.1, 0.15) is 174 Å². The molecule has 0 rings (SSSR count). The molecule has 0 spiro atoms. The molecule has 54 heavy (non-hydrogen) atoms. The van der Waals surface area contributed by atoms with Gasteiger partial charge in [0, 0.05) is 19.3 Å². The monoisotopic (exact) mass is 761 g/mol. The molecule has 2 unspecified atom stereocenters. The number of allylic oxidation sites excluding steroid dienone is 8. The number of nitrogens with zero attached hydrogens (tertiary/aromatic N) is 1. The minimum absolute atomic E-state index is 0.0558. The molecule has 0 saturated heterocycles. The Balaban J connectivity index is 4.36. The Morgan fingerprint density at radius 1 is 0.574 bits per heavy atom. The van der Waals surface area contributed by atoms with Gasteiger partial charge in [-0.25, -0.2) is 4.79 Å². The predicted octanol–water partition coefficient (Wildman–Crippen LogP) is 11.6. The number of carboxylic acid groups (broad SMARTS) is 1. The normalized spacial score (nSPS) is 13.4. The van der Waals surface area contributed by atoms with E-state index in [0.717, 1.165) is 77.0 Å². The van der Waals surface area contributed by atoms with Crippen LogP contribution in [0.25, 0.3) is 0 Å². The van der Waals surface area contributed by atoms with Crippen molar-refractivity contribution in [3.05, 3.63) is 48.6 Å². The van der Waals surface area contributed by atoms with Gasteiger partial charge in [-0.3, -0.25) is 9.59 Å². The molecule has 0 aromatic heterocycles. The van der Waals surface area contributed by atoms with E-state index in [-0.39, 0.29) is 36.2 Å². The Morgan fingerprint density at radius 3 is 1.54 bits per heavy atom. The van der Waals surface area contributed by atoms with Crippen LogP contribution < -0.4 is 0 Å². The molecule has 8 nitrogen and oxygen atoms in total. The van der Waals surface area contributed by atoms with Gasteiger partial charge < -0.3 is 23.8 Å². The van der Waals surface area contributed by atoms with Crippen LogP contribution in [0.3, 0.4) is 0 Å². The SMILES string of the molecule is CC/C=C/C/C=C/C/C=C/C/C=C/CCCCCCCCC(=O)OC(COCCC(C(=O)O)[N+](C)(C)C)COC(=O)CCCCCCCCCCCCC. The van der Waals surface area contributed by atoms with Gasteiger partial charge in [0.25, 0.3) is 0 Å². The maximum Gasteiger partial charge on any atom is 0.362 e. The van der Waals surface area contributed by atoms with Crippen molar-refractivity contribution in [3.8, 4) is 0 Å². The number of carbonyl (C=O) groups is 3. The lowest BCUT2D eigenvalue weighted by Gasteiger charge is -2.31. The molecule has 0 aromatic rings. The number of ether oxygens (including phenoxy) is 3. The third-order valence-electron chi connectivity index (χ3n) is 9.49. The van der Waals surface area contributed by atoms with Crippen molar-refractivity contribution in [1.29, 1.82) is 0 Å². The predicted molar refractivity (Wildman–Crippen MR) is 224 cm³/mol. The van der Waals surface area contributed by atoms with Crippen molar-refractivity contribution >= 4 is 17.9 Å². The summed E-state index contributed by atoms with van der Waals surface area (Å²) in [6, 6.07) is -0.616. The molecule has 1 N–H and O–H groups in total. The average Bonchev–Trinajstić information content (AvgIpc) is 3.12. The molecule has 0 saturated carbocycles. The van der Waals surface area contributed by atoms with E-state index in [9.17, 15) is 19.5 Å². The number of aliphatic carboxylic acids is 1. The summed E-state index contributed by atoms with van der Waals surface area (Å²) in [5.41, 5.74) is 0. The highest BCUT2D eigenvalue weighted by Gasteiger charge is 2.31. The maximum absolute atomic E-state index is 12.7. The van der Waals surface area contributed by atoms with Gasteiger partial charge in [-0.15, -0.1) is 0 Å². The number of unbranched alkanes of at least 4 members (excludes halogenated alkanes) is 16. The average molecular weight is 761 g/mol. The number of quaternary nitrogens is 1. The first kappa shape index (κ1) is 51.3. The zero-order valence-electron chi connectivity index (χ0n) is 35.4. The molecule has 8 heteroatoms. The fourth-order valence-electron chi connectivity index (χ4n) is 6.14. The van der Waals surface area contributed by atoms with E-state index < -0.39 is 18.1 Å². The third kappa shape index (κ3) is 35.0. The molecule has 2 atom stereocenters. The van der Waals surface area contributed by atoms with Crippen molar-refractivity contribution in [1.82, 2.24) is 0 Å². The van der Waals surface area contributed by atoms with Gasteiger partial charge in [0.05, 0.1) is 34.4 Å². The molecule has 0 aromatic carbocycles. The van der Waals surface area contributed by atoms with E-state index in [2.05, 4.69) is 62.5 Å². The summed E-state index contributed by atoms with van der Waals surface area (Å²) in [4.78, 5) is 36.9. The highest BCUT2D eigenvalue weighted by molar-refractivity contribution is 5.72. The van der Waals surface area contributed by atoms with Crippen molar-refractivity contribution in [2.45, 2.75) is 187 Å². The van der Waals surface area contributed by atoms with Crippen LogP contribution in [0.2, 0.25) is 0 Å². The zero-order chi connectivity index (χ0) is 40.0. The van der Waals surface area contributed by atoms with Gasteiger partial charge in [-0.05, 0) is 51.4 Å². The first-order valence-corrected chi connectivity index (χ1v) is 21.7. The summed E-state index contributed by atoms with van der Waals surface area (Å²) in [5.74, 6) is -1.49. The van der Waals surface area contributed by atoms with Crippen molar-refractivity contribution in [3.63, 3.8) is 0 Å². The van der Waals surface area contributed by atoms with Gasteiger partial charge in [-0.1, -0.05) is 152 Å². The molecule has 0 bridgehead atoms. The van der Waals surface area contributed by atoms with E-state index in [1.54, 1.807) is 0 Å². The summed E-state index contributed by atoms with van der Waals surface area (Å²) in [7, 11) is 5.52. The summed E-state index contributed by atoms with van der Waals surface area (Å²) < 4.78 is 17.2. The molecule has 0 radical (unpaired) electrons. The third-order valence-corrected chi connectivity index (χ3v) is 9.49. The first-order valence-electron chi connectivity index (χ1n) is 21.7. The lowest BCUT2D eigenvalue weighted by molar-refractivity contribution is -0.887. The number of likely N-dealkylation sites (N-methyl/N-ethyl adjacent to an activating group) is 1. The molecule has 0 fully saturated rings. The van der Waals surface area contributed by atoms with Gasteiger partial charge in [0.2, 0.25) is 0 Å². The van der Waals surface area contributed by atoms with Crippen LogP contribution >= 0.6 is 0 Å². The Hall–Kier alpha value is -2.71. The molecular formula is C46H82NO7+. The molecule has 0 aliphatic carbocycles. The summed E-state index contributed by atoms with van der Waals surface area (Å²) in [5, 5.41) is 9.61. The largest absolute Gasteiger partial charge is 0.477 e. The number of carboxylic acids is 1. The number of rotatable bonds is 38. The van der Waals surface area contributed by atoms with Crippen LogP contribution in [-0.4, -0.2) is 80.6 Å². The summed E-state index contributed by atoms with van der Waals surface area (Å²) in [6.07, 6.45) is 42.9. The minimum atomic E-state index is -0.878. The van der Waals surface area contributed by atoms with Crippen LogP contribution in [0.15, 0.2) is 48.6 Å². The van der Waals surface area contributed by atoms with Crippen LogP contribution in [0.5, 0.6) is 0 Å². The highest BCUT2D eigenvalue weighted by Crippen LogP contribution is 2.14. The number of carbonyl (C=O) groups excluding carboxylic acids is 2. The Kier molecular flexibility index (Phi) is 35.4. The van der Waals surface area contributed by atoms with Gasteiger partial charge in [-0.2, -0.15) is 0 Å². The Labute approximate surface area is 331 Å². The quantitative estimate of drug-likeness (QED) is 0.0289. The topological polar surface area (TPSA) is 99.1 Å². The van der Waals surface area contributed by atoms with Crippen LogP contribution in [0, 0.1) is 0 Å². The van der Waals surface area contributed by atoms with Crippen molar-refractivity contribution in [2.24, 2.45) is 0 Å². The highest BCUT2D eigenvalue weighted by atomic mass is 16.6. The van der Waals surface area contributed by atoms with Gasteiger partial charge in [0.1, 0.15) is 6.61 Å². The smallest absolute Gasteiger partial charge is 0.362 e.